The van der Waals surface area contributed by atoms with Crippen LogP contribution in [0.25, 0.3) is 0 Å². The Morgan fingerprint density at radius 2 is 2.14 bits per heavy atom. The standard InChI is InChI=1S/C10H12FN3/c1-10(4-5-10)9(13)14-6-7(11)2-3-8(14)12/h2-3,6,12-13H,4-5H2,1H3. The van der Waals surface area contributed by atoms with Crippen molar-refractivity contribution in [2.45, 2.75) is 19.8 Å². The van der Waals surface area contributed by atoms with Crippen LogP contribution in [0.4, 0.5) is 4.39 Å². The summed E-state index contributed by atoms with van der Waals surface area (Å²) in [5, 5.41) is 15.4. The molecule has 0 aromatic carbocycles. The molecule has 1 aliphatic carbocycles. The van der Waals surface area contributed by atoms with Gasteiger partial charge in [0.05, 0.1) is 0 Å². The molecule has 1 heterocycles. The maximum absolute atomic E-state index is 12.9. The fourth-order valence-electron chi connectivity index (χ4n) is 1.37. The second kappa shape index (κ2) is 2.77. The van der Waals surface area contributed by atoms with E-state index < -0.39 is 5.82 Å². The van der Waals surface area contributed by atoms with Crippen LogP contribution in [0.3, 0.4) is 0 Å². The monoisotopic (exact) mass is 193 g/mol. The summed E-state index contributed by atoms with van der Waals surface area (Å²) in [5.74, 6) is -0.0861. The van der Waals surface area contributed by atoms with Crippen LogP contribution < -0.4 is 5.49 Å². The molecule has 0 unspecified atom stereocenters. The largest absolute Gasteiger partial charge is 0.287 e. The summed E-state index contributed by atoms with van der Waals surface area (Å²) in [4.78, 5) is 0. The van der Waals surface area contributed by atoms with Crippen molar-refractivity contribution in [3.8, 4) is 0 Å². The van der Waals surface area contributed by atoms with Crippen molar-refractivity contribution in [1.29, 1.82) is 10.8 Å². The zero-order chi connectivity index (χ0) is 10.3. The Hall–Kier alpha value is -1.45. The van der Waals surface area contributed by atoms with Gasteiger partial charge in [-0.2, -0.15) is 0 Å². The molecule has 0 amide bonds. The van der Waals surface area contributed by atoms with Gasteiger partial charge in [-0.25, -0.2) is 4.39 Å². The SMILES string of the molecule is CC1(C(=N)n2cc(F)ccc2=N)CC1. The minimum Gasteiger partial charge on any atom is -0.287 e. The summed E-state index contributed by atoms with van der Waals surface area (Å²) < 4.78 is 14.2. The zero-order valence-electron chi connectivity index (χ0n) is 7.97. The first-order valence-electron chi connectivity index (χ1n) is 4.55. The first kappa shape index (κ1) is 9.12. The van der Waals surface area contributed by atoms with Gasteiger partial charge in [-0.15, -0.1) is 0 Å². The highest BCUT2D eigenvalue weighted by atomic mass is 19.1. The van der Waals surface area contributed by atoms with Crippen LogP contribution in [0.1, 0.15) is 19.8 Å². The Morgan fingerprint density at radius 3 is 2.71 bits per heavy atom. The van der Waals surface area contributed by atoms with E-state index in [-0.39, 0.29) is 10.9 Å². The lowest BCUT2D eigenvalue weighted by Crippen LogP contribution is -2.31. The van der Waals surface area contributed by atoms with Crippen LogP contribution in [0.15, 0.2) is 18.3 Å². The normalized spacial score (nSPS) is 17.9. The highest BCUT2D eigenvalue weighted by Crippen LogP contribution is 2.45. The topological polar surface area (TPSA) is 52.6 Å². The van der Waals surface area contributed by atoms with E-state index in [2.05, 4.69) is 0 Å². The van der Waals surface area contributed by atoms with Crippen LogP contribution in [0.5, 0.6) is 0 Å². The van der Waals surface area contributed by atoms with Crippen molar-refractivity contribution < 1.29 is 4.39 Å². The summed E-state index contributed by atoms with van der Waals surface area (Å²) in [6, 6.07) is 2.61. The van der Waals surface area contributed by atoms with Crippen LogP contribution in [0, 0.1) is 22.1 Å². The van der Waals surface area contributed by atoms with Gasteiger partial charge in [0.25, 0.3) is 0 Å². The quantitative estimate of drug-likeness (QED) is 0.504. The third-order valence-corrected chi connectivity index (χ3v) is 2.72. The summed E-state index contributed by atoms with van der Waals surface area (Å²) in [5.41, 5.74) is 0.0124. The van der Waals surface area contributed by atoms with Crippen molar-refractivity contribution in [2.24, 2.45) is 5.41 Å². The Balaban J connectivity index is 2.46. The van der Waals surface area contributed by atoms with E-state index in [9.17, 15) is 4.39 Å². The van der Waals surface area contributed by atoms with E-state index in [1.807, 2.05) is 6.92 Å². The third kappa shape index (κ3) is 1.36. The Labute approximate surface area is 81.2 Å². The molecule has 0 saturated heterocycles. The Bertz CT molecular complexity index is 443. The average molecular weight is 193 g/mol. The van der Waals surface area contributed by atoms with Crippen LogP contribution >= 0.6 is 0 Å². The molecular weight excluding hydrogens is 181 g/mol. The average Bonchev–Trinajstić information content (AvgIpc) is 2.88. The molecule has 2 N–H and O–H groups in total. The number of hydrogen-bond acceptors (Lipinski definition) is 2. The van der Waals surface area contributed by atoms with Crippen molar-refractivity contribution in [3.63, 3.8) is 0 Å². The van der Waals surface area contributed by atoms with E-state index in [1.54, 1.807) is 0 Å². The maximum Gasteiger partial charge on any atom is 0.139 e. The summed E-state index contributed by atoms with van der Waals surface area (Å²) in [6.07, 6.45) is 3.11. The molecule has 3 nitrogen and oxygen atoms in total. The van der Waals surface area contributed by atoms with Gasteiger partial charge < -0.3 is 0 Å². The first-order chi connectivity index (χ1) is 6.53. The van der Waals surface area contributed by atoms with Gasteiger partial charge in [0.2, 0.25) is 0 Å². The molecule has 4 heteroatoms. The van der Waals surface area contributed by atoms with Gasteiger partial charge in [0.15, 0.2) is 0 Å². The van der Waals surface area contributed by atoms with Gasteiger partial charge >= 0.3 is 0 Å². The lowest BCUT2D eigenvalue weighted by Gasteiger charge is -2.13. The molecule has 0 radical (unpaired) electrons. The van der Waals surface area contributed by atoms with Gasteiger partial charge in [-0.05, 0) is 25.0 Å². The summed E-state index contributed by atoms with van der Waals surface area (Å²) in [6.45, 7) is 1.96. The Kier molecular flexibility index (Phi) is 1.80. The molecule has 0 spiro atoms. The number of aromatic nitrogens is 1. The maximum atomic E-state index is 12.9. The number of pyridine rings is 1. The predicted molar refractivity (Wildman–Crippen MR) is 50.7 cm³/mol. The van der Waals surface area contributed by atoms with Crippen molar-refractivity contribution in [2.75, 3.05) is 0 Å². The second-order valence-corrected chi connectivity index (χ2v) is 4.01. The van der Waals surface area contributed by atoms with E-state index in [0.717, 1.165) is 12.8 Å². The van der Waals surface area contributed by atoms with Gasteiger partial charge in [-0.1, -0.05) is 6.92 Å². The van der Waals surface area contributed by atoms with Crippen molar-refractivity contribution in [1.82, 2.24) is 4.57 Å². The molecule has 74 valence electrons. The zero-order valence-corrected chi connectivity index (χ0v) is 7.97. The van der Waals surface area contributed by atoms with Gasteiger partial charge in [0.1, 0.15) is 17.1 Å². The lowest BCUT2D eigenvalue weighted by molar-refractivity contribution is 0.608. The molecule has 1 fully saturated rings. The van der Waals surface area contributed by atoms with E-state index in [1.165, 1.54) is 22.9 Å². The van der Waals surface area contributed by atoms with Crippen LogP contribution in [0.2, 0.25) is 0 Å². The number of halogens is 1. The fraction of sp³-hybridized carbons (Fsp3) is 0.400. The predicted octanol–water partition coefficient (Wildman–Crippen LogP) is 1.73. The molecule has 14 heavy (non-hydrogen) atoms. The van der Waals surface area contributed by atoms with Crippen molar-refractivity contribution >= 4 is 5.84 Å². The number of nitrogens with one attached hydrogen (secondary N) is 2. The molecule has 1 saturated carbocycles. The second-order valence-electron chi connectivity index (χ2n) is 4.01. The molecule has 0 aliphatic heterocycles. The molecule has 0 atom stereocenters. The molecular formula is C10H12FN3. The molecule has 2 rings (SSSR count). The van der Waals surface area contributed by atoms with E-state index in [0.29, 0.717) is 5.84 Å². The molecule has 1 aromatic rings. The highest BCUT2D eigenvalue weighted by Gasteiger charge is 2.42. The van der Waals surface area contributed by atoms with E-state index >= 15 is 0 Å². The van der Waals surface area contributed by atoms with Crippen molar-refractivity contribution in [3.05, 3.63) is 29.6 Å². The van der Waals surface area contributed by atoms with Crippen LogP contribution in [-0.2, 0) is 0 Å². The van der Waals surface area contributed by atoms with Crippen LogP contribution in [-0.4, -0.2) is 10.4 Å². The smallest absolute Gasteiger partial charge is 0.139 e. The fourth-order valence-corrected chi connectivity index (χ4v) is 1.37. The number of nitrogens with zero attached hydrogens (tertiary/aromatic N) is 1. The molecule has 0 bridgehead atoms. The van der Waals surface area contributed by atoms with Gasteiger partial charge in [-0.3, -0.25) is 15.4 Å². The summed E-state index contributed by atoms with van der Waals surface area (Å²) >= 11 is 0. The summed E-state index contributed by atoms with van der Waals surface area (Å²) in [7, 11) is 0. The molecule has 1 aliphatic rings. The third-order valence-electron chi connectivity index (χ3n) is 2.72. The van der Waals surface area contributed by atoms with E-state index in [4.69, 9.17) is 10.8 Å². The lowest BCUT2D eigenvalue weighted by atomic mass is 10.1. The minimum absolute atomic E-state index is 0.145. The molecule has 1 aromatic heterocycles. The Morgan fingerprint density at radius 1 is 1.50 bits per heavy atom. The number of hydrogen-bond donors (Lipinski definition) is 2. The first-order valence-corrected chi connectivity index (χ1v) is 4.55. The minimum atomic E-state index is -0.407. The van der Waals surface area contributed by atoms with Gasteiger partial charge in [0, 0.05) is 11.6 Å². The highest BCUT2D eigenvalue weighted by molar-refractivity contribution is 5.89. The number of rotatable bonds is 1.